The Bertz CT molecular complexity index is 466. The van der Waals surface area contributed by atoms with Crippen LogP contribution in [0, 0.1) is 0 Å². The first-order valence-electron chi connectivity index (χ1n) is 6.98. The molecule has 0 unspecified atom stereocenters. The van der Waals surface area contributed by atoms with E-state index in [1.54, 1.807) is 6.07 Å². The van der Waals surface area contributed by atoms with Crippen LogP contribution in [0.5, 0.6) is 5.75 Å². The summed E-state index contributed by atoms with van der Waals surface area (Å²) in [6.45, 7) is 4.39. The smallest absolute Gasteiger partial charge is 0.339 e. The van der Waals surface area contributed by atoms with Gasteiger partial charge in [-0.05, 0) is 38.1 Å². The third-order valence-electron chi connectivity index (χ3n) is 3.78. The van der Waals surface area contributed by atoms with E-state index in [9.17, 15) is 4.79 Å². The summed E-state index contributed by atoms with van der Waals surface area (Å²) in [6, 6.07) is 5.62. The second-order valence-corrected chi connectivity index (χ2v) is 5.15. The van der Waals surface area contributed by atoms with E-state index in [0.29, 0.717) is 18.8 Å². The number of hydrogen-bond acceptors (Lipinski definition) is 4. The van der Waals surface area contributed by atoms with Gasteiger partial charge in [0.25, 0.3) is 0 Å². The van der Waals surface area contributed by atoms with Gasteiger partial charge in [-0.3, -0.25) is 4.90 Å². The first-order chi connectivity index (χ1) is 9.33. The highest BCUT2D eigenvalue weighted by Gasteiger charge is 2.21. The lowest BCUT2D eigenvalue weighted by molar-refractivity contribution is 0.0535. The van der Waals surface area contributed by atoms with Gasteiger partial charge in [-0.25, -0.2) is 4.79 Å². The zero-order chi connectivity index (χ0) is 13.1. The van der Waals surface area contributed by atoms with Crippen LogP contribution in [0.1, 0.15) is 35.2 Å². The van der Waals surface area contributed by atoms with E-state index in [1.807, 2.05) is 12.1 Å². The molecule has 1 aromatic rings. The average molecular weight is 261 g/mol. The van der Waals surface area contributed by atoms with Gasteiger partial charge in [-0.2, -0.15) is 0 Å². The monoisotopic (exact) mass is 261 g/mol. The number of rotatable bonds is 4. The van der Waals surface area contributed by atoms with Crippen LogP contribution in [0.4, 0.5) is 0 Å². The van der Waals surface area contributed by atoms with Gasteiger partial charge >= 0.3 is 5.97 Å². The molecule has 0 radical (unpaired) electrons. The van der Waals surface area contributed by atoms with Crippen molar-refractivity contribution in [1.29, 1.82) is 0 Å². The van der Waals surface area contributed by atoms with Crippen molar-refractivity contribution in [2.24, 2.45) is 0 Å². The number of fused-ring (bicyclic) bond motifs is 1. The number of carbonyl (C=O) groups excluding carboxylic acids is 1. The third kappa shape index (κ3) is 2.89. The molecule has 3 rings (SSSR count). The largest absolute Gasteiger partial charge is 0.492 e. The summed E-state index contributed by atoms with van der Waals surface area (Å²) in [5.74, 6) is 0.520. The predicted molar refractivity (Wildman–Crippen MR) is 71.3 cm³/mol. The van der Waals surface area contributed by atoms with Gasteiger partial charge in [0.05, 0.1) is 5.56 Å². The molecule has 0 saturated carbocycles. The number of cyclic esters (lactones) is 1. The number of carbonyl (C=O) groups is 1. The molecular formula is C15H19NO3. The van der Waals surface area contributed by atoms with E-state index in [2.05, 4.69) is 4.90 Å². The Balaban J connectivity index is 1.53. The molecule has 0 aliphatic carbocycles. The van der Waals surface area contributed by atoms with Crippen LogP contribution in [0.25, 0.3) is 0 Å². The van der Waals surface area contributed by atoms with Crippen molar-refractivity contribution in [2.45, 2.75) is 25.9 Å². The van der Waals surface area contributed by atoms with E-state index >= 15 is 0 Å². The van der Waals surface area contributed by atoms with Crippen LogP contribution in [-0.2, 0) is 11.3 Å². The molecule has 2 heterocycles. The first-order valence-corrected chi connectivity index (χ1v) is 6.98. The number of hydrogen-bond donors (Lipinski definition) is 0. The second kappa shape index (κ2) is 5.61. The third-order valence-corrected chi connectivity index (χ3v) is 3.78. The molecule has 1 aromatic carbocycles. The number of nitrogens with zero attached hydrogens (tertiary/aromatic N) is 1. The molecule has 0 spiro atoms. The lowest BCUT2D eigenvalue weighted by Crippen LogP contribution is -2.33. The van der Waals surface area contributed by atoms with E-state index in [0.717, 1.165) is 17.9 Å². The predicted octanol–water partition coefficient (Wildman–Crippen LogP) is 2.22. The standard InChI is InChI=1S/C15H19NO3/c17-15-14-10-13(5-4-12(14)11-19-15)18-9-8-16-6-2-1-3-7-16/h4-5,10H,1-3,6-9,11H2. The van der Waals surface area contributed by atoms with Crippen molar-refractivity contribution in [3.63, 3.8) is 0 Å². The molecule has 1 saturated heterocycles. The van der Waals surface area contributed by atoms with Gasteiger partial charge in [0.1, 0.15) is 19.0 Å². The summed E-state index contributed by atoms with van der Waals surface area (Å²) in [4.78, 5) is 13.9. The molecule has 0 N–H and O–H groups in total. The Morgan fingerprint density at radius 2 is 2.05 bits per heavy atom. The Hall–Kier alpha value is -1.55. The summed E-state index contributed by atoms with van der Waals surface area (Å²) in [6.07, 6.45) is 3.94. The molecule has 0 amide bonds. The minimum absolute atomic E-state index is 0.239. The van der Waals surface area contributed by atoms with Crippen molar-refractivity contribution in [3.8, 4) is 5.75 Å². The average Bonchev–Trinajstić information content (AvgIpc) is 2.82. The number of benzene rings is 1. The quantitative estimate of drug-likeness (QED) is 0.779. The summed E-state index contributed by atoms with van der Waals surface area (Å²) in [5, 5.41) is 0. The van der Waals surface area contributed by atoms with Crippen LogP contribution in [0.15, 0.2) is 18.2 Å². The number of likely N-dealkylation sites (tertiary alicyclic amines) is 1. The van der Waals surface area contributed by atoms with Gasteiger partial charge in [-0.15, -0.1) is 0 Å². The van der Waals surface area contributed by atoms with Crippen LogP contribution < -0.4 is 4.74 Å². The molecular weight excluding hydrogens is 242 g/mol. The minimum atomic E-state index is -0.239. The highest BCUT2D eigenvalue weighted by molar-refractivity contribution is 5.93. The Kier molecular flexibility index (Phi) is 3.69. The van der Waals surface area contributed by atoms with Crippen molar-refractivity contribution in [3.05, 3.63) is 29.3 Å². The summed E-state index contributed by atoms with van der Waals surface area (Å²) < 4.78 is 10.7. The van der Waals surface area contributed by atoms with Gasteiger partial charge in [0, 0.05) is 12.1 Å². The molecule has 0 bridgehead atoms. The van der Waals surface area contributed by atoms with Crippen LogP contribution in [0.3, 0.4) is 0 Å². The maximum Gasteiger partial charge on any atom is 0.339 e. The fraction of sp³-hybridized carbons (Fsp3) is 0.533. The maximum absolute atomic E-state index is 11.5. The SMILES string of the molecule is O=C1OCc2ccc(OCCN3CCCCC3)cc21. The Morgan fingerprint density at radius 3 is 2.89 bits per heavy atom. The zero-order valence-electron chi connectivity index (χ0n) is 11.1. The molecule has 0 atom stereocenters. The van der Waals surface area contributed by atoms with Gasteiger partial charge in [-0.1, -0.05) is 12.5 Å². The molecule has 1 fully saturated rings. The van der Waals surface area contributed by atoms with Gasteiger partial charge < -0.3 is 9.47 Å². The molecule has 2 aliphatic rings. The molecule has 4 nitrogen and oxygen atoms in total. The highest BCUT2D eigenvalue weighted by Crippen LogP contribution is 2.24. The number of piperidine rings is 1. The van der Waals surface area contributed by atoms with E-state index in [-0.39, 0.29) is 5.97 Å². The number of ether oxygens (including phenoxy) is 2. The van der Waals surface area contributed by atoms with E-state index in [1.165, 1.54) is 32.4 Å². The minimum Gasteiger partial charge on any atom is -0.492 e. The molecule has 2 aliphatic heterocycles. The molecule has 4 heteroatoms. The summed E-state index contributed by atoms with van der Waals surface area (Å²) in [5.41, 5.74) is 1.60. The van der Waals surface area contributed by atoms with Crippen LogP contribution in [-0.4, -0.2) is 37.1 Å². The lowest BCUT2D eigenvalue weighted by atomic mass is 10.1. The van der Waals surface area contributed by atoms with Crippen LogP contribution >= 0.6 is 0 Å². The van der Waals surface area contributed by atoms with Gasteiger partial charge in [0.2, 0.25) is 0 Å². The lowest BCUT2D eigenvalue weighted by Gasteiger charge is -2.26. The van der Waals surface area contributed by atoms with E-state index < -0.39 is 0 Å². The van der Waals surface area contributed by atoms with Gasteiger partial charge in [0.15, 0.2) is 0 Å². The Morgan fingerprint density at radius 1 is 1.21 bits per heavy atom. The fourth-order valence-electron chi connectivity index (χ4n) is 2.66. The van der Waals surface area contributed by atoms with Crippen molar-refractivity contribution in [2.75, 3.05) is 26.2 Å². The Labute approximate surface area is 113 Å². The first kappa shape index (κ1) is 12.5. The highest BCUT2D eigenvalue weighted by atomic mass is 16.5. The van der Waals surface area contributed by atoms with Crippen molar-refractivity contribution in [1.82, 2.24) is 4.90 Å². The normalized spacial score (nSPS) is 19.1. The molecule has 0 aromatic heterocycles. The fourth-order valence-corrected chi connectivity index (χ4v) is 2.66. The second-order valence-electron chi connectivity index (χ2n) is 5.15. The van der Waals surface area contributed by atoms with Crippen molar-refractivity contribution < 1.29 is 14.3 Å². The maximum atomic E-state index is 11.5. The van der Waals surface area contributed by atoms with Crippen molar-refractivity contribution >= 4 is 5.97 Å². The zero-order valence-corrected chi connectivity index (χ0v) is 11.1. The van der Waals surface area contributed by atoms with E-state index in [4.69, 9.17) is 9.47 Å². The summed E-state index contributed by atoms with van der Waals surface area (Å²) in [7, 11) is 0. The molecule has 19 heavy (non-hydrogen) atoms. The summed E-state index contributed by atoms with van der Waals surface area (Å²) >= 11 is 0. The molecule has 102 valence electrons. The number of esters is 1. The topological polar surface area (TPSA) is 38.8 Å². The van der Waals surface area contributed by atoms with Crippen LogP contribution in [0.2, 0.25) is 0 Å².